The number of carbonyl (C=O) groups is 2. The summed E-state index contributed by atoms with van der Waals surface area (Å²) in [6.45, 7) is 6.27. The minimum atomic E-state index is -0.0394. The Labute approximate surface area is 163 Å². The molecule has 0 N–H and O–H groups in total. The van der Waals surface area contributed by atoms with Gasteiger partial charge in [-0.2, -0.15) is 0 Å². The smallest absolute Gasteiger partial charge is 0.246 e. The van der Waals surface area contributed by atoms with Crippen molar-refractivity contribution < 1.29 is 14.3 Å². The number of piperazine rings is 1. The summed E-state index contributed by atoms with van der Waals surface area (Å²) in [5.74, 6) is 0.759. The van der Waals surface area contributed by atoms with Gasteiger partial charge in [0.1, 0.15) is 12.4 Å². The molecule has 1 saturated heterocycles. The average Bonchev–Trinajstić information content (AvgIpc) is 3.10. The summed E-state index contributed by atoms with van der Waals surface area (Å²) in [5, 5.41) is 3.01. The third kappa shape index (κ3) is 5.40. The van der Waals surface area contributed by atoms with E-state index in [4.69, 9.17) is 4.74 Å². The summed E-state index contributed by atoms with van der Waals surface area (Å²) in [6, 6.07) is 7.62. The van der Waals surface area contributed by atoms with Gasteiger partial charge in [-0.05, 0) is 30.7 Å². The van der Waals surface area contributed by atoms with E-state index in [2.05, 4.69) is 4.98 Å². The molecule has 1 aliphatic rings. The molecule has 0 saturated carbocycles. The Morgan fingerprint density at radius 2 is 1.96 bits per heavy atom. The number of rotatable bonds is 5. The fourth-order valence-electron chi connectivity index (χ4n) is 2.85. The molecule has 0 bridgehead atoms. The van der Waals surface area contributed by atoms with E-state index in [1.54, 1.807) is 40.2 Å². The summed E-state index contributed by atoms with van der Waals surface area (Å²) in [4.78, 5) is 31.6. The fourth-order valence-corrected chi connectivity index (χ4v) is 3.45. The number of hydrogen-bond acceptors (Lipinski definition) is 5. The van der Waals surface area contributed by atoms with E-state index < -0.39 is 0 Å². The predicted octanol–water partition coefficient (Wildman–Crippen LogP) is 2.73. The Hall–Kier alpha value is -2.67. The molecule has 2 aromatic rings. The highest BCUT2D eigenvalue weighted by atomic mass is 32.1. The molecule has 2 amide bonds. The quantitative estimate of drug-likeness (QED) is 0.743. The van der Waals surface area contributed by atoms with Crippen molar-refractivity contribution in [2.45, 2.75) is 20.5 Å². The molecule has 0 aliphatic carbocycles. The van der Waals surface area contributed by atoms with Crippen molar-refractivity contribution in [3.8, 4) is 5.75 Å². The molecular weight excluding hydrogens is 362 g/mol. The summed E-state index contributed by atoms with van der Waals surface area (Å²) in [6.07, 6.45) is 3.37. The molecule has 1 aromatic carbocycles. The number of carbonyl (C=O) groups excluding carboxylic acids is 2. The van der Waals surface area contributed by atoms with Gasteiger partial charge in [0, 0.05) is 44.6 Å². The van der Waals surface area contributed by atoms with E-state index in [0.29, 0.717) is 32.8 Å². The van der Waals surface area contributed by atoms with Gasteiger partial charge in [-0.3, -0.25) is 9.59 Å². The second-order valence-electron chi connectivity index (χ2n) is 6.38. The Bertz CT molecular complexity index is 839. The Balaban J connectivity index is 1.54. The van der Waals surface area contributed by atoms with Crippen LogP contribution >= 0.6 is 11.3 Å². The second kappa shape index (κ2) is 8.81. The molecule has 27 heavy (non-hydrogen) atoms. The van der Waals surface area contributed by atoms with Crippen molar-refractivity contribution in [1.82, 2.24) is 14.8 Å². The molecule has 6 nitrogen and oxygen atoms in total. The first-order valence-electron chi connectivity index (χ1n) is 8.87. The van der Waals surface area contributed by atoms with Crippen LogP contribution in [0.5, 0.6) is 5.75 Å². The van der Waals surface area contributed by atoms with E-state index in [-0.39, 0.29) is 11.8 Å². The highest BCUT2D eigenvalue weighted by molar-refractivity contribution is 7.09. The van der Waals surface area contributed by atoms with Crippen LogP contribution in [0, 0.1) is 6.92 Å². The zero-order valence-corrected chi connectivity index (χ0v) is 16.4. The van der Waals surface area contributed by atoms with E-state index in [1.807, 2.05) is 36.6 Å². The normalized spacial score (nSPS) is 14.6. The van der Waals surface area contributed by atoms with Gasteiger partial charge in [0.2, 0.25) is 11.8 Å². The first-order valence-corrected chi connectivity index (χ1v) is 9.75. The number of benzene rings is 1. The molecular formula is C20H23N3O3S. The van der Waals surface area contributed by atoms with Crippen molar-refractivity contribution in [2.75, 3.05) is 26.2 Å². The number of amides is 2. The molecule has 1 fully saturated rings. The SMILES string of the molecule is CC(=O)N1CCN(C(=O)C=Cc2cccc(OCc3csc(C)n3)c2)CC1. The van der Waals surface area contributed by atoms with Crippen LogP contribution in [0.1, 0.15) is 23.2 Å². The van der Waals surface area contributed by atoms with Gasteiger partial charge in [0.05, 0.1) is 10.7 Å². The van der Waals surface area contributed by atoms with Gasteiger partial charge >= 0.3 is 0 Å². The lowest BCUT2D eigenvalue weighted by Gasteiger charge is -2.33. The lowest BCUT2D eigenvalue weighted by molar-refractivity contribution is -0.135. The van der Waals surface area contributed by atoms with Crippen molar-refractivity contribution >= 4 is 29.2 Å². The van der Waals surface area contributed by atoms with Gasteiger partial charge in [0.25, 0.3) is 0 Å². The minimum Gasteiger partial charge on any atom is -0.487 e. The van der Waals surface area contributed by atoms with Gasteiger partial charge in [-0.15, -0.1) is 11.3 Å². The molecule has 0 radical (unpaired) electrons. The largest absolute Gasteiger partial charge is 0.487 e. The maximum atomic E-state index is 12.3. The predicted molar refractivity (Wildman–Crippen MR) is 105 cm³/mol. The van der Waals surface area contributed by atoms with Crippen LogP contribution in [0.2, 0.25) is 0 Å². The standard InChI is InChI=1S/C20H23N3O3S/c1-15-21-18(14-27-15)13-26-19-5-3-4-17(12-19)6-7-20(25)23-10-8-22(9-11-23)16(2)24/h3-7,12,14H,8-11,13H2,1-2H3. The number of ether oxygens (including phenoxy) is 1. The van der Waals surface area contributed by atoms with Crippen LogP contribution in [-0.2, 0) is 16.2 Å². The highest BCUT2D eigenvalue weighted by Crippen LogP contribution is 2.17. The lowest BCUT2D eigenvalue weighted by Crippen LogP contribution is -2.49. The molecule has 3 rings (SSSR count). The molecule has 142 valence electrons. The number of aryl methyl sites for hydroxylation is 1. The monoisotopic (exact) mass is 385 g/mol. The van der Waals surface area contributed by atoms with Crippen molar-refractivity contribution in [1.29, 1.82) is 0 Å². The van der Waals surface area contributed by atoms with Gasteiger partial charge < -0.3 is 14.5 Å². The summed E-state index contributed by atoms with van der Waals surface area (Å²) < 4.78 is 5.78. The van der Waals surface area contributed by atoms with Crippen LogP contribution in [0.4, 0.5) is 0 Å². The lowest BCUT2D eigenvalue weighted by atomic mass is 10.2. The number of nitrogens with zero attached hydrogens (tertiary/aromatic N) is 3. The molecule has 1 aromatic heterocycles. The first-order chi connectivity index (χ1) is 13.0. The molecule has 7 heteroatoms. The van der Waals surface area contributed by atoms with E-state index >= 15 is 0 Å². The van der Waals surface area contributed by atoms with Crippen molar-refractivity contribution in [3.63, 3.8) is 0 Å². The van der Waals surface area contributed by atoms with Gasteiger partial charge in [0.15, 0.2) is 0 Å². The molecule has 1 aliphatic heterocycles. The van der Waals surface area contributed by atoms with Crippen molar-refractivity contribution in [2.24, 2.45) is 0 Å². The van der Waals surface area contributed by atoms with Crippen LogP contribution in [0.25, 0.3) is 6.08 Å². The summed E-state index contributed by atoms with van der Waals surface area (Å²) >= 11 is 1.60. The summed E-state index contributed by atoms with van der Waals surface area (Å²) in [7, 11) is 0. The third-order valence-corrected chi connectivity index (χ3v) is 5.19. The Morgan fingerprint density at radius 3 is 2.63 bits per heavy atom. The number of thiazole rings is 1. The first kappa shape index (κ1) is 19.1. The molecule has 2 heterocycles. The van der Waals surface area contributed by atoms with Crippen LogP contribution in [0.3, 0.4) is 0 Å². The van der Waals surface area contributed by atoms with Crippen LogP contribution < -0.4 is 4.74 Å². The van der Waals surface area contributed by atoms with E-state index in [1.165, 1.54) is 0 Å². The maximum absolute atomic E-state index is 12.3. The Kier molecular flexibility index (Phi) is 6.24. The van der Waals surface area contributed by atoms with Crippen LogP contribution in [0.15, 0.2) is 35.7 Å². The molecule has 0 unspecified atom stereocenters. The van der Waals surface area contributed by atoms with Crippen LogP contribution in [-0.4, -0.2) is 52.8 Å². The highest BCUT2D eigenvalue weighted by Gasteiger charge is 2.20. The van der Waals surface area contributed by atoms with Gasteiger partial charge in [-0.1, -0.05) is 12.1 Å². The average molecular weight is 385 g/mol. The maximum Gasteiger partial charge on any atom is 0.246 e. The zero-order valence-electron chi connectivity index (χ0n) is 15.6. The fraction of sp³-hybridized carbons (Fsp3) is 0.350. The van der Waals surface area contributed by atoms with Gasteiger partial charge in [-0.25, -0.2) is 4.98 Å². The van der Waals surface area contributed by atoms with E-state index in [9.17, 15) is 9.59 Å². The second-order valence-corrected chi connectivity index (χ2v) is 7.45. The number of aromatic nitrogens is 1. The Morgan fingerprint density at radius 1 is 1.22 bits per heavy atom. The summed E-state index contributed by atoms with van der Waals surface area (Å²) in [5.41, 5.74) is 1.82. The van der Waals surface area contributed by atoms with E-state index in [0.717, 1.165) is 22.0 Å². The minimum absolute atomic E-state index is 0.0394. The third-order valence-electron chi connectivity index (χ3n) is 4.37. The number of hydrogen-bond donors (Lipinski definition) is 0. The van der Waals surface area contributed by atoms with Crippen molar-refractivity contribution in [3.05, 3.63) is 52.0 Å². The molecule has 0 atom stereocenters. The zero-order chi connectivity index (χ0) is 19.2. The molecule has 0 spiro atoms. The topological polar surface area (TPSA) is 62.7 Å².